The van der Waals surface area contributed by atoms with Crippen molar-refractivity contribution in [2.24, 2.45) is 5.73 Å². The number of carbonyl (C=O) groups excluding carboxylic acids is 1. The fourth-order valence-corrected chi connectivity index (χ4v) is 3.32. The predicted molar refractivity (Wildman–Crippen MR) is 63.5 cm³/mol. The molecule has 5 nitrogen and oxygen atoms in total. The molecule has 3 rings (SSSR count). The van der Waals surface area contributed by atoms with Crippen LogP contribution in [0, 0.1) is 0 Å². The molecule has 0 saturated carbocycles. The Kier molecular flexibility index (Phi) is 2.84. The molecule has 0 aromatic rings. The minimum atomic E-state index is -0.786. The fourth-order valence-electron chi connectivity index (χ4n) is 3.32. The summed E-state index contributed by atoms with van der Waals surface area (Å²) in [5, 5.41) is 3.15. The quantitative estimate of drug-likeness (QED) is 0.679. The highest BCUT2D eigenvalue weighted by molar-refractivity contribution is 5.86. The summed E-state index contributed by atoms with van der Waals surface area (Å²) in [5.74, 6) is -0.0197. The van der Waals surface area contributed by atoms with Crippen LogP contribution in [0.25, 0.3) is 0 Å². The van der Waals surface area contributed by atoms with E-state index in [2.05, 4.69) is 10.2 Å². The molecule has 3 heterocycles. The van der Waals surface area contributed by atoms with Gasteiger partial charge in [-0.2, -0.15) is 0 Å². The van der Waals surface area contributed by atoms with E-state index in [-0.39, 0.29) is 5.91 Å². The Morgan fingerprint density at radius 2 is 2.29 bits per heavy atom. The first-order chi connectivity index (χ1) is 8.19. The second-order valence-corrected chi connectivity index (χ2v) is 5.57. The number of hydrogen-bond donors (Lipinski definition) is 2. The van der Waals surface area contributed by atoms with Crippen molar-refractivity contribution in [3.63, 3.8) is 0 Å². The summed E-state index contributed by atoms with van der Waals surface area (Å²) < 4.78 is 5.24. The number of carbonyl (C=O) groups is 1. The number of fused-ring (bicyclic) bond motifs is 1. The lowest BCUT2D eigenvalue weighted by Crippen LogP contribution is -2.58. The van der Waals surface area contributed by atoms with Gasteiger partial charge in [0.1, 0.15) is 5.54 Å². The van der Waals surface area contributed by atoms with Crippen LogP contribution < -0.4 is 11.1 Å². The van der Waals surface area contributed by atoms with Crippen molar-refractivity contribution in [2.75, 3.05) is 26.3 Å². The summed E-state index contributed by atoms with van der Waals surface area (Å²) in [7, 11) is 0. The monoisotopic (exact) mass is 239 g/mol. The van der Waals surface area contributed by atoms with Crippen molar-refractivity contribution >= 4 is 5.91 Å². The maximum absolute atomic E-state index is 12.2. The SMILES string of the molecule is NC1(C(=O)NC2CCN3CCCC23)CCOC1. The minimum absolute atomic E-state index is 0.0197. The molecule has 0 spiro atoms. The zero-order valence-corrected chi connectivity index (χ0v) is 10.2. The zero-order chi connectivity index (χ0) is 11.9. The Morgan fingerprint density at radius 3 is 3.06 bits per heavy atom. The van der Waals surface area contributed by atoms with Crippen LogP contribution in [-0.4, -0.2) is 54.7 Å². The van der Waals surface area contributed by atoms with Crippen LogP contribution in [-0.2, 0) is 9.53 Å². The van der Waals surface area contributed by atoms with Gasteiger partial charge in [0.15, 0.2) is 0 Å². The molecule has 96 valence electrons. The van der Waals surface area contributed by atoms with E-state index < -0.39 is 5.54 Å². The molecule has 0 radical (unpaired) electrons. The molecule has 3 aliphatic rings. The van der Waals surface area contributed by atoms with Gasteiger partial charge in [0.2, 0.25) is 5.91 Å². The first-order valence-electron chi connectivity index (χ1n) is 6.61. The summed E-state index contributed by atoms with van der Waals surface area (Å²) >= 11 is 0. The van der Waals surface area contributed by atoms with Gasteiger partial charge in [-0.25, -0.2) is 0 Å². The molecule has 0 aromatic heterocycles. The standard InChI is InChI=1S/C12H21N3O2/c13-12(4-7-17-8-12)11(16)14-9-3-6-15-5-1-2-10(9)15/h9-10H,1-8,13H2,(H,14,16). The average molecular weight is 239 g/mol. The van der Waals surface area contributed by atoms with Gasteiger partial charge in [0.25, 0.3) is 0 Å². The van der Waals surface area contributed by atoms with Crippen LogP contribution in [0.5, 0.6) is 0 Å². The smallest absolute Gasteiger partial charge is 0.242 e. The lowest BCUT2D eigenvalue weighted by atomic mass is 9.97. The first kappa shape index (κ1) is 11.4. The fraction of sp³-hybridized carbons (Fsp3) is 0.917. The summed E-state index contributed by atoms with van der Waals surface area (Å²) in [5.41, 5.74) is 5.28. The van der Waals surface area contributed by atoms with Crippen molar-refractivity contribution in [1.82, 2.24) is 10.2 Å². The summed E-state index contributed by atoms with van der Waals surface area (Å²) in [4.78, 5) is 14.7. The summed E-state index contributed by atoms with van der Waals surface area (Å²) in [6, 6.07) is 0.843. The molecular weight excluding hydrogens is 218 g/mol. The molecule has 3 saturated heterocycles. The number of nitrogens with zero attached hydrogens (tertiary/aromatic N) is 1. The summed E-state index contributed by atoms with van der Waals surface area (Å²) in [6.45, 7) is 3.27. The number of nitrogens with one attached hydrogen (secondary N) is 1. The molecule has 3 fully saturated rings. The van der Waals surface area contributed by atoms with E-state index in [4.69, 9.17) is 10.5 Å². The average Bonchev–Trinajstić information content (AvgIpc) is 2.97. The van der Waals surface area contributed by atoms with Gasteiger partial charge in [0, 0.05) is 25.2 Å². The lowest BCUT2D eigenvalue weighted by Gasteiger charge is -2.26. The first-order valence-corrected chi connectivity index (χ1v) is 6.61. The highest BCUT2D eigenvalue weighted by Crippen LogP contribution is 2.28. The molecule has 3 atom stereocenters. The molecule has 5 heteroatoms. The van der Waals surface area contributed by atoms with Crippen molar-refractivity contribution < 1.29 is 9.53 Å². The predicted octanol–water partition coefficient (Wildman–Crippen LogP) is -0.543. The second-order valence-electron chi connectivity index (χ2n) is 5.57. The van der Waals surface area contributed by atoms with Crippen molar-refractivity contribution in [1.29, 1.82) is 0 Å². The van der Waals surface area contributed by atoms with E-state index in [9.17, 15) is 4.79 Å². The maximum atomic E-state index is 12.2. The van der Waals surface area contributed by atoms with Crippen LogP contribution in [0.3, 0.4) is 0 Å². The van der Waals surface area contributed by atoms with Gasteiger partial charge < -0.3 is 15.8 Å². The largest absolute Gasteiger partial charge is 0.379 e. The van der Waals surface area contributed by atoms with Gasteiger partial charge in [-0.3, -0.25) is 9.69 Å². The minimum Gasteiger partial charge on any atom is -0.379 e. The van der Waals surface area contributed by atoms with Gasteiger partial charge in [0.05, 0.1) is 6.61 Å². The Balaban J connectivity index is 1.61. The van der Waals surface area contributed by atoms with E-state index in [1.165, 1.54) is 19.4 Å². The zero-order valence-electron chi connectivity index (χ0n) is 10.2. The highest BCUT2D eigenvalue weighted by atomic mass is 16.5. The molecule has 3 aliphatic heterocycles. The van der Waals surface area contributed by atoms with Gasteiger partial charge in [-0.05, 0) is 32.2 Å². The number of hydrogen-bond acceptors (Lipinski definition) is 4. The number of ether oxygens (including phenoxy) is 1. The number of amides is 1. The van der Waals surface area contributed by atoms with Crippen LogP contribution in [0.4, 0.5) is 0 Å². The molecule has 0 aliphatic carbocycles. The Bertz CT molecular complexity index is 315. The number of rotatable bonds is 2. The molecule has 0 aromatic carbocycles. The molecule has 1 amide bonds. The van der Waals surface area contributed by atoms with Crippen LogP contribution in [0.2, 0.25) is 0 Å². The third-order valence-electron chi connectivity index (χ3n) is 4.43. The van der Waals surface area contributed by atoms with Crippen LogP contribution in [0.15, 0.2) is 0 Å². The Labute approximate surface area is 102 Å². The van der Waals surface area contributed by atoms with E-state index >= 15 is 0 Å². The number of nitrogens with two attached hydrogens (primary N) is 1. The topological polar surface area (TPSA) is 67.6 Å². The van der Waals surface area contributed by atoms with Crippen molar-refractivity contribution in [3.8, 4) is 0 Å². The summed E-state index contributed by atoms with van der Waals surface area (Å²) in [6.07, 6.45) is 4.17. The van der Waals surface area contributed by atoms with Crippen LogP contribution in [0.1, 0.15) is 25.7 Å². The van der Waals surface area contributed by atoms with Crippen molar-refractivity contribution in [2.45, 2.75) is 43.3 Å². The highest BCUT2D eigenvalue weighted by Gasteiger charge is 2.43. The lowest BCUT2D eigenvalue weighted by molar-refractivity contribution is -0.127. The molecule has 0 bridgehead atoms. The normalized spacial score (nSPS) is 41.7. The Morgan fingerprint density at radius 1 is 1.41 bits per heavy atom. The third-order valence-corrected chi connectivity index (χ3v) is 4.43. The van der Waals surface area contributed by atoms with E-state index in [1.807, 2.05) is 0 Å². The molecular formula is C12H21N3O2. The maximum Gasteiger partial charge on any atom is 0.242 e. The van der Waals surface area contributed by atoms with E-state index in [0.29, 0.717) is 31.7 Å². The molecule has 3 unspecified atom stereocenters. The van der Waals surface area contributed by atoms with Crippen LogP contribution >= 0.6 is 0 Å². The van der Waals surface area contributed by atoms with E-state index in [0.717, 1.165) is 13.0 Å². The van der Waals surface area contributed by atoms with Gasteiger partial charge in [-0.15, -0.1) is 0 Å². The van der Waals surface area contributed by atoms with Gasteiger partial charge >= 0.3 is 0 Å². The van der Waals surface area contributed by atoms with Crippen molar-refractivity contribution in [3.05, 3.63) is 0 Å². The van der Waals surface area contributed by atoms with Gasteiger partial charge in [-0.1, -0.05) is 0 Å². The second kappa shape index (κ2) is 4.23. The molecule has 17 heavy (non-hydrogen) atoms. The third kappa shape index (κ3) is 1.96. The van der Waals surface area contributed by atoms with E-state index in [1.54, 1.807) is 0 Å². The molecule has 3 N–H and O–H groups in total. The Hall–Kier alpha value is -0.650.